The van der Waals surface area contributed by atoms with E-state index >= 15 is 0 Å². The van der Waals surface area contributed by atoms with Gasteiger partial charge < -0.3 is 20.1 Å². The summed E-state index contributed by atoms with van der Waals surface area (Å²) in [6, 6.07) is 19.2. The van der Waals surface area contributed by atoms with Gasteiger partial charge in [-0.1, -0.05) is 54.6 Å². The zero-order valence-corrected chi connectivity index (χ0v) is 21.6. The van der Waals surface area contributed by atoms with E-state index in [2.05, 4.69) is 65.8 Å². The summed E-state index contributed by atoms with van der Waals surface area (Å²) in [5.74, 6) is 0.859. The highest BCUT2D eigenvalue weighted by molar-refractivity contribution is 14.0. The van der Waals surface area contributed by atoms with Crippen molar-refractivity contribution in [3.8, 4) is 0 Å². The summed E-state index contributed by atoms with van der Waals surface area (Å²) in [5.41, 5.74) is 3.55. The van der Waals surface area contributed by atoms with Gasteiger partial charge in [0.15, 0.2) is 5.96 Å². The molecule has 32 heavy (non-hydrogen) atoms. The van der Waals surface area contributed by atoms with E-state index in [-0.39, 0.29) is 24.0 Å². The molecule has 6 nitrogen and oxygen atoms in total. The van der Waals surface area contributed by atoms with Gasteiger partial charge in [0.2, 0.25) is 0 Å². The molecule has 1 fully saturated rings. The third-order valence-electron chi connectivity index (χ3n) is 5.40. The lowest BCUT2D eigenvalue weighted by molar-refractivity contribution is 0.0211. The maximum absolute atomic E-state index is 5.82. The predicted octanol–water partition coefficient (Wildman–Crippen LogP) is 3.80. The molecule has 1 aliphatic rings. The molecule has 2 aromatic rings. The summed E-state index contributed by atoms with van der Waals surface area (Å²) in [4.78, 5) is 7.21. The Morgan fingerprint density at radius 2 is 1.59 bits per heavy atom. The van der Waals surface area contributed by atoms with Crippen LogP contribution in [0.15, 0.2) is 59.6 Å². The number of guanidine groups is 1. The number of halogens is 1. The van der Waals surface area contributed by atoms with Crippen molar-refractivity contribution < 1.29 is 9.47 Å². The number of rotatable bonds is 10. The van der Waals surface area contributed by atoms with Crippen LogP contribution in [0, 0.1) is 0 Å². The van der Waals surface area contributed by atoms with Gasteiger partial charge >= 0.3 is 0 Å². The normalized spacial score (nSPS) is 15.6. The van der Waals surface area contributed by atoms with E-state index in [1.165, 1.54) is 16.7 Å². The quantitative estimate of drug-likeness (QED) is 0.267. The summed E-state index contributed by atoms with van der Waals surface area (Å²) in [6.45, 7) is 11.6. The minimum absolute atomic E-state index is 0. The van der Waals surface area contributed by atoms with Crippen LogP contribution in [-0.2, 0) is 29.2 Å². The molecule has 176 valence electrons. The van der Waals surface area contributed by atoms with Crippen LogP contribution in [-0.4, -0.2) is 56.3 Å². The Bertz CT molecular complexity index is 780. The van der Waals surface area contributed by atoms with Crippen LogP contribution in [0.5, 0.6) is 0 Å². The molecule has 2 N–H and O–H groups in total. The Balaban J connectivity index is 0.00000363. The van der Waals surface area contributed by atoms with Crippen molar-refractivity contribution in [1.82, 2.24) is 15.5 Å². The molecular formula is C25H37IN4O2. The maximum atomic E-state index is 5.82. The summed E-state index contributed by atoms with van der Waals surface area (Å²) in [6.07, 6.45) is 0. The smallest absolute Gasteiger partial charge is 0.191 e. The van der Waals surface area contributed by atoms with Crippen LogP contribution >= 0.6 is 24.0 Å². The summed E-state index contributed by atoms with van der Waals surface area (Å²) in [5, 5.41) is 6.82. The van der Waals surface area contributed by atoms with E-state index in [0.29, 0.717) is 25.8 Å². The van der Waals surface area contributed by atoms with E-state index in [9.17, 15) is 0 Å². The Morgan fingerprint density at radius 1 is 0.969 bits per heavy atom. The van der Waals surface area contributed by atoms with Crippen molar-refractivity contribution in [3.05, 3.63) is 71.3 Å². The van der Waals surface area contributed by atoms with Crippen molar-refractivity contribution in [3.63, 3.8) is 0 Å². The number of hydrogen-bond acceptors (Lipinski definition) is 4. The SMILES string of the molecule is CCNC(=NCc1ccc(COCc2ccccc2)cc1)NCC(C)N1CCOCC1.I. The van der Waals surface area contributed by atoms with Gasteiger partial charge in [-0.15, -0.1) is 24.0 Å². The van der Waals surface area contributed by atoms with Crippen LogP contribution in [0.3, 0.4) is 0 Å². The first-order valence-corrected chi connectivity index (χ1v) is 11.3. The first-order chi connectivity index (χ1) is 15.2. The van der Waals surface area contributed by atoms with Gasteiger partial charge in [0, 0.05) is 32.2 Å². The summed E-state index contributed by atoms with van der Waals surface area (Å²) in [7, 11) is 0. The molecule has 3 rings (SSSR count). The second-order valence-electron chi connectivity index (χ2n) is 7.87. The average Bonchev–Trinajstić information content (AvgIpc) is 2.83. The topological polar surface area (TPSA) is 58.1 Å². The Kier molecular flexibility index (Phi) is 12.6. The lowest BCUT2D eigenvalue weighted by Crippen LogP contribution is -2.49. The number of nitrogens with one attached hydrogen (secondary N) is 2. The standard InChI is InChI=1S/C25H36N4O2.HI/c1-3-26-25(27-17-21(2)29-13-15-30-16-14-29)28-18-22-9-11-24(12-10-22)20-31-19-23-7-5-4-6-8-23;/h4-12,21H,3,13-20H2,1-2H3,(H2,26,27,28);1H. The van der Waals surface area contributed by atoms with Crippen molar-refractivity contribution in [2.24, 2.45) is 4.99 Å². The van der Waals surface area contributed by atoms with E-state index < -0.39 is 0 Å². The van der Waals surface area contributed by atoms with Gasteiger partial charge in [0.05, 0.1) is 33.0 Å². The highest BCUT2D eigenvalue weighted by Crippen LogP contribution is 2.09. The summed E-state index contributed by atoms with van der Waals surface area (Å²) >= 11 is 0. The van der Waals surface area contributed by atoms with Crippen molar-refractivity contribution in [2.75, 3.05) is 39.4 Å². The number of hydrogen-bond donors (Lipinski definition) is 2. The molecule has 2 aromatic carbocycles. The molecule has 1 atom stereocenters. The highest BCUT2D eigenvalue weighted by atomic mass is 127. The molecule has 1 unspecified atom stereocenters. The van der Waals surface area contributed by atoms with Gasteiger partial charge in [-0.2, -0.15) is 0 Å². The Labute approximate surface area is 209 Å². The molecular weight excluding hydrogens is 515 g/mol. The summed E-state index contributed by atoms with van der Waals surface area (Å²) < 4.78 is 11.3. The fraction of sp³-hybridized carbons (Fsp3) is 0.480. The second kappa shape index (κ2) is 15.2. The van der Waals surface area contributed by atoms with Crippen LogP contribution in [0.2, 0.25) is 0 Å². The maximum Gasteiger partial charge on any atom is 0.191 e. The Morgan fingerprint density at radius 3 is 2.25 bits per heavy atom. The first kappa shape index (κ1) is 26.6. The van der Waals surface area contributed by atoms with E-state index in [1.807, 2.05) is 18.2 Å². The third kappa shape index (κ3) is 9.44. The minimum Gasteiger partial charge on any atom is -0.379 e. The van der Waals surface area contributed by atoms with E-state index in [4.69, 9.17) is 14.5 Å². The molecule has 0 saturated carbocycles. The molecule has 0 amide bonds. The van der Waals surface area contributed by atoms with Gasteiger partial charge in [-0.05, 0) is 30.5 Å². The Hall–Kier alpha value is -1.68. The van der Waals surface area contributed by atoms with E-state index in [0.717, 1.165) is 45.4 Å². The fourth-order valence-corrected chi connectivity index (χ4v) is 3.51. The monoisotopic (exact) mass is 552 g/mol. The van der Waals surface area contributed by atoms with Crippen LogP contribution in [0.25, 0.3) is 0 Å². The predicted molar refractivity (Wildman–Crippen MR) is 141 cm³/mol. The number of morpholine rings is 1. The molecule has 1 aliphatic heterocycles. The van der Waals surface area contributed by atoms with Gasteiger partial charge in [-0.3, -0.25) is 4.90 Å². The zero-order valence-electron chi connectivity index (χ0n) is 19.3. The van der Waals surface area contributed by atoms with Gasteiger partial charge in [0.25, 0.3) is 0 Å². The number of ether oxygens (including phenoxy) is 2. The first-order valence-electron chi connectivity index (χ1n) is 11.3. The van der Waals surface area contributed by atoms with Crippen molar-refractivity contribution in [2.45, 2.75) is 39.6 Å². The lowest BCUT2D eigenvalue weighted by Gasteiger charge is -2.32. The molecule has 7 heteroatoms. The molecule has 0 aromatic heterocycles. The number of benzene rings is 2. The second-order valence-corrected chi connectivity index (χ2v) is 7.87. The fourth-order valence-electron chi connectivity index (χ4n) is 3.51. The zero-order chi connectivity index (χ0) is 21.7. The molecule has 0 bridgehead atoms. The molecule has 0 aliphatic carbocycles. The highest BCUT2D eigenvalue weighted by Gasteiger charge is 2.16. The van der Waals surface area contributed by atoms with Crippen LogP contribution < -0.4 is 10.6 Å². The van der Waals surface area contributed by atoms with Gasteiger partial charge in [-0.25, -0.2) is 4.99 Å². The lowest BCUT2D eigenvalue weighted by atomic mass is 10.1. The third-order valence-corrected chi connectivity index (χ3v) is 5.40. The largest absolute Gasteiger partial charge is 0.379 e. The molecule has 0 spiro atoms. The average molecular weight is 553 g/mol. The van der Waals surface area contributed by atoms with Crippen LogP contribution in [0.1, 0.15) is 30.5 Å². The number of nitrogens with zero attached hydrogens (tertiary/aromatic N) is 2. The van der Waals surface area contributed by atoms with Crippen LogP contribution in [0.4, 0.5) is 0 Å². The van der Waals surface area contributed by atoms with Gasteiger partial charge in [0.1, 0.15) is 0 Å². The molecule has 0 radical (unpaired) electrons. The molecule has 1 heterocycles. The minimum atomic E-state index is 0. The van der Waals surface area contributed by atoms with Crippen molar-refractivity contribution >= 4 is 29.9 Å². The molecule has 1 saturated heterocycles. The number of aliphatic imine (C=N–C) groups is 1. The van der Waals surface area contributed by atoms with E-state index in [1.54, 1.807) is 0 Å². The van der Waals surface area contributed by atoms with Crippen molar-refractivity contribution in [1.29, 1.82) is 0 Å².